The number of nitrogens with one attached hydrogen (secondary N) is 1. The number of primary sulfonamides is 1. The number of sulfonamides is 1. The van der Waals surface area contributed by atoms with Crippen LogP contribution in [0.5, 0.6) is 0 Å². The van der Waals surface area contributed by atoms with E-state index in [1.54, 1.807) is 0 Å². The molecule has 1 heterocycles. The first-order chi connectivity index (χ1) is 11.6. The fraction of sp³-hybridized carbons (Fsp3) is 0.143. The van der Waals surface area contributed by atoms with E-state index in [-0.39, 0.29) is 15.5 Å². The Morgan fingerprint density at radius 1 is 1.36 bits per heavy atom. The van der Waals surface area contributed by atoms with Gasteiger partial charge in [0.25, 0.3) is 5.91 Å². The molecule has 0 aliphatic rings. The molecule has 0 spiro atoms. The molecule has 0 saturated heterocycles. The van der Waals surface area contributed by atoms with Crippen LogP contribution >= 0.6 is 27.3 Å². The Hall–Kier alpha value is -1.82. The summed E-state index contributed by atoms with van der Waals surface area (Å²) in [6.45, 7) is 1.30. The molecule has 3 N–H and O–H groups in total. The zero-order valence-corrected chi connectivity index (χ0v) is 15.9. The number of esters is 1. The zero-order valence-electron chi connectivity index (χ0n) is 12.7. The van der Waals surface area contributed by atoms with E-state index in [0.717, 1.165) is 17.4 Å². The first-order valence-corrected chi connectivity index (χ1v) is 9.88. The standard InChI is InChI=1S/C14H12BrFN2O5S2/c1-7(13(19)18-11-3-2-9(15)5-10(11)16)23-14(20)8-4-12(24-6-8)25(17,21)22/h2-7H,1H3,(H,18,19)(H2,17,21,22). The average molecular weight is 451 g/mol. The van der Waals surface area contributed by atoms with E-state index in [1.807, 2.05) is 0 Å². The van der Waals surface area contributed by atoms with Gasteiger partial charge in [-0.1, -0.05) is 15.9 Å². The van der Waals surface area contributed by atoms with Gasteiger partial charge in [0.15, 0.2) is 6.10 Å². The maximum absolute atomic E-state index is 13.7. The van der Waals surface area contributed by atoms with Crippen molar-refractivity contribution in [3.8, 4) is 0 Å². The summed E-state index contributed by atoms with van der Waals surface area (Å²) in [6.07, 6.45) is -1.23. The first kappa shape index (κ1) is 19.5. The van der Waals surface area contributed by atoms with E-state index in [1.165, 1.54) is 30.5 Å². The molecule has 1 unspecified atom stereocenters. The predicted molar refractivity (Wildman–Crippen MR) is 93.3 cm³/mol. The lowest BCUT2D eigenvalue weighted by Gasteiger charge is -2.13. The highest BCUT2D eigenvalue weighted by Crippen LogP contribution is 2.21. The van der Waals surface area contributed by atoms with Crippen molar-refractivity contribution in [2.75, 3.05) is 5.32 Å². The number of hydrogen-bond acceptors (Lipinski definition) is 6. The smallest absolute Gasteiger partial charge is 0.339 e. The van der Waals surface area contributed by atoms with E-state index < -0.39 is 33.8 Å². The molecule has 7 nitrogen and oxygen atoms in total. The predicted octanol–water partition coefficient (Wildman–Crippen LogP) is 2.48. The molecule has 1 amide bonds. The minimum atomic E-state index is -3.92. The van der Waals surface area contributed by atoms with Crippen molar-refractivity contribution in [2.24, 2.45) is 5.14 Å². The van der Waals surface area contributed by atoms with Gasteiger partial charge in [-0.3, -0.25) is 4.79 Å². The molecule has 0 aliphatic carbocycles. The van der Waals surface area contributed by atoms with Crippen LogP contribution in [0.25, 0.3) is 0 Å². The number of halogens is 2. The number of carbonyl (C=O) groups excluding carboxylic acids is 2. The number of hydrogen-bond donors (Lipinski definition) is 2. The highest BCUT2D eigenvalue weighted by molar-refractivity contribution is 9.10. The summed E-state index contributed by atoms with van der Waals surface area (Å²) in [6, 6.07) is 5.12. The molecular formula is C14H12BrFN2O5S2. The largest absolute Gasteiger partial charge is 0.449 e. The monoisotopic (exact) mass is 450 g/mol. The van der Waals surface area contributed by atoms with Crippen LogP contribution in [0.1, 0.15) is 17.3 Å². The van der Waals surface area contributed by atoms with Crippen LogP contribution in [-0.4, -0.2) is 26.4 Å². The lowest BCUT2D eigenvalue weighted by atomic mass is 10.3. The molecule has 2 rings (SSSR count). The summed E-state index contributed by atoms with van der Waals surface area (Å²) in [5, 5.41) is 8.51. The van der Waals surface area contributed by atoms with Gasteiger partial charge < -0.3 is 10.1 Å². The lowest BCUT2D eigenvalue weighted by Crippen LogP contribution is -2.30. The highest BCUT2D eigenvalue weighted by atomic mass is 79.9. The Labute approximate surface area is 155 Å². The van der Waals surface area contributed by atoms with Crippen molar-refractivity contribution in [2.45, 2.75) is 17.2 Å². The molecular weight excluding hydrogens is 439 g/mol. The summed E-state index contributed by atoms with van der Waals surface area (Å²) < 4.78 is 41.3. The van der Waals surface area contributed by atoms with E-state index in [0.29, 0.717) is 4.47 Å². The van der Waals surface area contributed by atoms with E-state index in [4.69, 9.17) is 9.88 Å². The normalized spacial score (nSPS) is 12.5. The number of ether oxygens (including phenoxy) is 1. The maximum atomic E-state index is 13.7. The lowest BCUT2D eigenvalue weighted by molar-refractivity contribution is -0.123. The van der Waals surface area contributed by atoms with Gasteiger partial charge in [-0.2, -0.15) is 0 Å². The quantitative estimate of drug-likeness (QED) is 0.678. The number of carbonyl (C=O) groups is 2. The Kier molecular flexibility index (Phi) is 5.93. The van der Waals surface area contributed by atoms with Crippen molar-refractivity contribution < 1.29 is 27.1 Å². The third-order valence-corrected chi connectivity index (χ3v) is 5.81. The summed E-state index contributed by atoms with van der Waals surface area (Å²) in [4.78, 5) is 24.0. The highest BCUT2D eigenvalue weighted by Gasteiger charge is 2.22. The zero-order chi connectivity index (χ0) is 18.8. The number of anilines is 1. The second kappa shape index (κ2) is 7.60. The van der Waals surface area contributed by atoms with Gasteiger partial charge in [-0.25, -0.2) is 22.7 Å². The second-order valence-electron chi connectivity index (χ2n) is 4.86. The number of benzene rings is 1. The van der Waals surface area contributed by atoms with Gasteiger partial charge in [0.05, 0.1) is 11.3 Å². The number of rotatable bonds is 5. The van der Waals surface area contributed by atoms with Gasteiger partial charge in [-0.15, -0.1) is 11.3 Å². The molecule has 1 atom stereocenters. The van der Waals surface area contributed by atoms with Crippen LogP contribution in [0.4, 0.5) is 10.1 Å². The Morgan fingerprint density at radius 2 is 2.04 bits per heavy atom. The third-order valence-electron chi connectivity index (χ3n) is 2.93. The number of thiophene rings is 1. The van der Waals surface area contributed by atoms with Gasteiger partial charge in [0.1, 0.15) is 10.0 Å². The average Bonchev–Trinajstić information content (AvgIpc) is 3.00. The third kappa shape index (κ3) is 5.08. The summed E-state index contributed by atoms with van der Waals surface area (Å²) in [5.41, 5.74) is -0.119. The van der Waals surface area contributed by atoms with Crippen LogP contribution < -0.4 is 10.5 Å². The Morgan fingerprint density at radius 3 is 2.60 bits per heavy atom. The van der Waals surface area contributed by atoms with E-state index >= 15 is 0 Å². The molecule has 0 fully saturated rings. The van der Waals surface area contributed by atoms with Crippen LogP contribution in [0.15, 0.2) is 38.3 Å². The molecule has 0 radical (unpaired) electrons. The van der Waals surface area contributed by atoms with Crippen molar-refractivity contribution >= 4 is 54.9 Å². The maximum Gasteiger partial charge on any atom is 0.339 e. The molecule has 0 aliphatic heterocycles. The molecule has 1 aromatic heterocycles. The van der Waals surface area contributed by atoms with Crippen molar-refractivity contribution in [1.29, 1.82) is 0 Å². The second-order valence-corrected chi connectivity index (χ2v) is 8.48. The van der Waals surface area contributed by atoms with Crippen LogP contribution in [0, 0.1) is 5.82 Å². The fourth-order valence-corrected chi connectivity index (χ4v) is 3.59. The topological polar surface area (TPSA) is 116 Å². The minimum Gasteiger partial charge on any atom is -0.449 e. The van der Waals surface area contributed by atoms with Gasteiger partial charge >= 0.3 is 5.97 Å². The molecule has 2 aromatic rings. The summed E-state index contributed by atoms with van der Waals surface area (Å²) >= 11 is 3.85. The number of amides is 1. The molecule has 11 heteroatoms. The molecule has 25 heavy (non-hydrogen) atoms. The van der Waals surface area contributed by atoms with Crippen LogP contribution in [0.2, 0.25) is 0 Å². The molecule has 1 aromatic carbocycles. The van der Waals surface area contributed by atoms with Crippen molar-refractivity contribution in [3.05, 3.63) is 45.5 Å². The minimum absolute atomic E-state index is 0.0523. The van der Waals surface area contributed by atoms with Gasteiger partial charge in [0, 0.05) is 9.85 Å². The Bertz CT molecular complexity index is 929. The SMILES string of the molecule is CC(OC(=O)c1csc(S(N)(=O)=O)c1)C(=O)Nc1ccc(Br)cc1F. The van der Waals surface area contributed by atoms with Gasteiger partial charge in [-0.05, 0) is 31.2 Å². The van der Waals surface area contributed by atoms with Crippen LogP contribution in [0.3, 0.4) is 0 Å². The van der Waals surface area contributed by atoms with Crippen molar-refractivity contribution in [1.82, 2.24) is 0 Å². The molecule has 0 saturated carbocycles. The number of nitrogens with two attached hydrogens (primary N) is 1. The van der Waals surface area contributed by atoms with Gasteiger partial charge in [0.2, 0.25) is 10.0 Å². The Balaban J connectivity index is 2.03. The van der Waals surface area contributed by atoms with E-state index in [9.17, 15) is 22.4 Å². The molecule has 0 bridgehead atoms. The first-order valence-electron chi connectivity index (χ1n) is 6.66. The van der Waals surface area contributed by atoms with Crippen LogP contribution in [-0.2, 0) is 19.6 Å². The van der Waals surface area contributed by atoms with E-state index in [2.05, 4.69) is 21.2 Å². The fourth-order valence-electron chi connectivity index (χ4n) is 1.68. The van der Waals surface area contributed by atoms with Crippen molar-refractivity contribution in [3.63, 3.8) is 0 Å². The summed E-state index contributed by atoms with van der Waals surface area (Å²) in [5.74, 6) is -2.29. The summed E-state index contributed by atoms with van der Waals surface area (Å²) in [7, 11) is -3.92. The molecule has 134 valence electrons.